The van der Waals surface area contributed by atoms with E-state index in [2.05, 4.69) is 76.8 Å². The molecule has 1 saturated heterocycles. The smallest absolute Gasteiger partial charge is 0.226 e. The minimum absolute atomic E-state index is 0. The Morgan fingerprint density at radius 1 is 1.09 bits per heavy atom. The number of aryl methyl sites for hydroxylation is 1. The van der Waals surface area contributed by atoms with Crippen LogP contribution < -0.4 is 15.5 Å². The number of anilines is 1. The quantitative estimate of drug-likeness (QED) is 0.260. The van der Waals surface area contributed by atoms with E-state index >= 15 is 0 Å². The number of piperidine rings is 1. The third-order valence-corrected chi connectivity index (χ3v) is 5.55. The van der Waals surface area contributed by atoms with Crippen molar-refractivity contribution in [2.24, 2.45) is 4.99 Å². The number of hydrogen-bond acceptors (Lipinski definition) is 4. The lowest BCUT2D eigenvalue weighted by atomic mass is 10.0. The number of rotatable bonds is 6. The normalized spacial score (nSPS) is 14.7. The molecular weight excluding hydrogens is 513 g/mol. The summed E-state index contributed by atoms with van der Waals surface area (Å²) in [6.07, 6.45) is 3.86. The van der Waals surface area contributed by atoms with E-state index in [1.807, 2.05) is 12.1 Å². The molecule has 2 aromatic carbocycles. The van der Waals surface area contributed by atoms with Crippen molar-refractivity contribution in [3.63, 3.8) is 0 Å². The molecule has 6 nitrogen and oxygen atoms in total. The summed E-state index contributed by atoms with van der Waals surface area (Å²) in [7, 11) is 0. The Labute approximate surface area is 207 Å². The van der Waals surface area contributed by atoms with E-state index in [1.165, 1.54) is 11.3 Å². The molecule has 1 aromatic heterocycles. The van der Waals surface area contributed by atoms with Crippen molar-refractivity contribution in [2.75, 3.05) is 24.5 Å². The van der Waals surface area contributed by atoms with E-state index in [0.717, 1.165) is 49.7 Å². The molecule has 2 N–H and O–H groups in total. The van der Waals surface area contributed by atoms with Gasteiger partial charge in [-0.3, -0.25) is 0 Å². The molecule has 0 amide bonds. The van der Waals surface area contributed by atoms with Crippen molar-refractivity contribution in [1.29, 1.82) is 0 Å². The minimum atomic E-state index is 0. The summed E-state index contributed by atoms with van der Waals surface area (Å²) in [5.74, 6) is 1.47. The maximum Gasteiger partial charge on any atom is 0.226 e. The molecule has 0 saturated carbocycles. The summed E-state index contributed by atoms with van der Waals surface area (Å²) in [4.78, 5) is 11.8. The van der Waals surface area contributed by atoms with Crippen molar-refractivity contribution >= 4 is 35.6 Å². The zero-order valence-corrected chi connectivity index (χ0v) is 21.1. The largest absolute Gasteiger partial charge is 0.444 e. The van der Waals surface area contributed by atoms with Gasteiger partial charge in [0.2, 0.25) is 5.89 Å². The molecular formula is C25H32IN5O. The first kappa shape index (κ1) is 24.1. The van der Waals surface area contributed by atoms with E-state index < -0.39 is 0 Å². The van der Waals surface area contributed by atoms with Gasteiger partial charge in [0.05, 0.1) is 6.54 Å². The van der Waals surface area contributed by atoms with Crippen LogP contribution in [0.1, 0.15) is 31.0 Å². The standard InChI is InChI=1S/C25H31N5O.HI/c1-3-26-25(29-21-13-15-30(16-14-21)23-7-5-4-6-8-23)27-17-22-18-31-24(28-22)20-11-9-19(2)10-12-20;/h4-12,18,21H,3,13-17H2,1-2H3,(H2,26,27,29);1H. The Hall–Kier alpha value is -2.55. The Kier molecular flexibility index (Phi) is 8.96. The molecule has 1 aliphatic heterocycles. The molecule has 0 radical (unpaired) electrons. The highest BCUT2D eigenvalue weighted by Crippen LogP contribution is 2.20. The molecule has 0 bridgehead atoms. The second-order valence-electron chi connectivity index (χ2n) is 7.95. The molecule has 32 heavy (non-hydrogen) atoms. The minimum Gasteiger partial charge on any atom is -0.444 e. The molecule has 1 fully saturated rings. The molecule has 7 heteroatoms. The van der Waals surface area contributed by atoms with Crippen LogP contribution >= 0.6 is 24.0 Å². The van der Waals surface area contributed by atoms with E-state index in [4.69, 9.17) is 9.41 Å². The second kappa shape index (κ2) is 11.9. The van der Waals surface area contributed by atoms with Crippen LogP contribution in [0.5, 0.6) is 0 Å². The number of halogens is 1. The van der Waals surface area contributed by atoms with Gasteiger partial charge in [-0.15, -0.1) is 24.0 Å². The highest BCUT2D eigenvalue weighted by atomic mass is 127. The molecule has 4 rings (SSSR count). The first-order valence-corrected chi connectivity index (χ1v) is 11.1. The molecule has 0 unspecified atom stereocenters. The lowest BCUT2D eigenvalue weighted by Gasteiger charge is -2.34. The molecule has 0 atom stereocenters. The van der Waals surface area contributed by atoms with Crippen molar-refractivity contribution in [3.8, 4) is 11.5 Å². The van der Waals surface area contributed by atoms with Crippen molar-refractivity contribution in [2.45, 2.75) is 39.3 Å². The van der Waals surface area contributed by atoms with Gasteiger partial charge in [-0.05, 0) is 51.0 Å². The number of nitrogens with one attached hydrogen (secondary N) is 2. The van der Waals surface area contributed by atoms with E-state index in [0.29, 0.717) is 18.5 Å². The molecule has 0 spiro atoms. The number of oxazole rings is 1. The lowest BCUT2D eigenvalue weighted by Crippen LogP contribution is -2.48. The topological polar surface area (TPSA) is 65.7 Å². The summed E-state index contributed by atoms with van der Waals surface area (Å²) in [5, 5.41) is 6.95. The van der Waals surface area contributed by atoms with Crippen LogP contribution in [0.3, 0.4) is 0 Å². The summed E-state index contributed by atoms with van der Waals surface area (Å²) < 4.78 is 5.66. The van der Waals surface area contributed by atoms with Crippen molar-refractivity contribution < 1.29 is 4.42 Å². The van der Waals surface area contributed by atoms with Crippen LogP contribution in [0.4, 0.5) is 5.69 Å². The SMILES string of the molecule is CCNC(=NCc1coc(-c2ccc(C)cc2)n1)NC1CCN(c2ccccc2)CC1.I. The van der Waals surface area contributed by atoms with Gasteiger partial charge < -0.3 is 20.0 Å². The number of aromatic nitrogens is 1. The Morgan fingerprint density at radius 2 is 1.81 bits per heavy atom. The predicted octanol–water partition coefficient (Wildman–Crippen LogP) is 4.99. The summed E-state index contributed by atoms with van der Waals surface area (Å²) in [5.41, 5.74) is 4.33. The Bertz CT molecular complexity index is 979. The maximum absolute atomic E-state index is 5.66. The van der Waals surface area contributed by atoms with Gasteiger partial charge in [-0.25, -0.2) is 9.98 Å². The number of aliphatic imine (C=N–C) groups is 1. The van der Waals surface area contributed by atoms with Gasteiger partial charge in [0.1, 0.15) is 12.0 Å². The number of benzene rings is 2. The average molecular weight is 545 g/mol. The zero-order chi connectivity index (χ0) is 21.5. The predicted molar refractivity (Wildman–Crippen MR) is 142 cm³/mol. The molecule has 0 aliphatic carbocycles. The number of hydrogen-bond donors (Lipinski definition) is 2. The monoisotopic (exact) mass is 545 g/mol. The first-order chi connectivity index (χ1) is 15.2. The molecule has 1 aliphatic rings. The lowest BCUT2D eigenvalue weighted by molar-refractivity contribution is 0.461. The van der Waals surface area contributed by atoms with Gasteiger partial charge in [-0.2, -0.15) is 0 Å². The number of para-hydroxylation sites is 1. The number of guanidine groups is 1. The van der Waals surface area contributed by atoms with Crippen LogP contribution in [0.2, 0.25) is 0 Å². The van der Waals surface area contributed by atoms with Crippen LogP contribution in [0, 0.1) is 6.92 Å². The van der Waals surface area contributed by atoms with E-state index in [-0.39, 0.29) is 24.0 Å². The average Bonchev–Trinajstić information content (AvgIpc) is 3.28. The van der Waals surface area contributed by atoms with Crippen molar-refractivity contribution in [1.82, 2.24) is 15.6 Å². The highest BCUT2D eigenvalue weighted by Gasteiger charge is 2.20. The van der Waals surface area contributed by atoms with Crippen LogP contribution in [0.15, 0.2) is 70.3 Å². The van der Waals surface area contributed by atoms with Crippen LogP contribution in [0.25, 0.3) is 11.5 Å². The van der Waals surface area contributed by atoms with Crippen molar-refractivity contribution in [3.05, 3.63) is 72.1 Å². The van der Waals surface area contributed by atoms with Gasteiger partial charge in [0.15, 0.2) is 5.96 Å². The van der Waals surface area contributed by atoms with E-state index in [9.17, 15) is 0 Å². The fourth-order valence-corrected chi connectivity index (χ4v) is 3.80. The zero-order valence-electron chi connectivity index (χ0n) is 18.8. The highest BCUT2D eigenvalue weighted by molar-refractivity contribution is 14.0. The van der Waals surface area contributed by atoms with Gasteiger partial charge >= 0.3 is 0 Å². The maximum atomic E-state index is 5.66. The Balaban J connectivity index is 0.00000289. The fourth-order valence-electron chi connectivity index (χ4n) is 3.80. The number of nitrogens with zero attached hydrogens (tertiary/aromatic N) is 3. The molecule has 3 aromatic rings. The van der Waals surface area contributed by atoms with Crippen LogP contribution in [-0.2, 0) is 6.54 Å². The third kappa shape index (κ3) is 6.48. The van der Waals surface area contributed by atoms with E-state index in [1.54, 1.807) is 6.26 Å². The van der Waals surface area contributed by atoms with Gasteiger partial charge in [-0.1, -0.05) is 35.9 Å². The van der Waals surface area contributed by atoms with Crippen LogP contribution in [-0.4, -0.2) is 36.6 Å². The summed E-state index contributed by atoms with van der Waals surface area (Å²) in [6, 6.07) is 19.2. The molecule has 2 heterocycles. The second-order valence-corrected chi connectivity index (χ2v) is 7.95. The fraction of sp³-hybridized carbons (Fsp3) is 0.360. The van der Waals surface area contributed by atoms with Gasteiger partial charge in [0, 0.05) is 36.9 Å². The third-order valence-electron chi connectivity index (χ3n) is 5.55. The summed E-state index contributed by atoms with van der Waals surface area (Å²) in [6.45, 7) is 7.55. The molecule has 170 valence electrons. The summed E-state index contributed by atoms with van der Waals surface area (Å²) >= 11 is 0. The first-order valence-electron chi connectivity index (χ1n) is 11.1. The Morgan fingerprint density at radius 3 is 2.50 bits per heavy atom. The van der Waals surface area contributed by atoms with Gasteiger partial charge in [0.25, 0.3) is 0 Å².